The van der Waals surface area contributed by atoms with Gasteiger partial charge in [0.2, 0.25) is 0 Å². The van der Waals surface area contributed by atoms with Crippen molar-refractivity contribution in [2.24, 2.45) is 0 Å². The number of nitrogens with one attached hydrogen (secondary N) is 1. The molecule has 1 N–H and O–H groups in total. The largest absolute Gasteiger partial charge is 0.390 e. The molecule has 0 aliphatic carbocycles. The van der Waals surface area contributed by atoms with E-state index in [1.165, 1.54) is 0 Å². The van der Waals surface area contributed by atoms with Gasteiger partial charge in [-0.05, 0) is 24.6 Å². The normalized spacial score (nSPS) is 11.5. The first-order chi connectivity index (χ1) is 6.88. The van der Waals surface area contributed by atoms with E-state index >= 15 is 0 Å². The Morgan fingerprint density at radius 1 is 1.33 bits per heavy atom. The van der Waals surface area contributed by atoms with Crippen molar-refractivity contribution >= 4 is 21.6 Å². The zero-order chi connectivity index (χ0) is 11.5. The number of halogens is 4. The van der Waals surface area contributed by atoms with Gasteiger partial charge < -0.3 is 5.32 Å². The summed E-state index contributed by atoms with van der Waals surface area (Å²) in [6.45, 7) is 1.75. The molecule has 0 aromatic heterocycles. The summed E-state index contributed by atoms with van der Waals surface area (Å²) in [4.78, 5) is 0. The van der Waals surface area contributed by atoms with Crippen LogP contribution < -0.4 is 5.32 Å². The van der Waals surface area contributed by atoms with Crippen molar-refractivity contribution in [3.8, 4) is 0 Å². The second-order valence-electron chi connectivity index (χ2n) is 3.25. The van der Waals surface area contributed by atoms with E-state index < -0.39 is 12.6 Å². The summed E-state index contributed by atoms with van der Waals surface area (Å²) in [6.07, 6.45) is -4.92. The summed E-state index contributed by atoms with van der Waals surface area (Å²) in [7, 11) is 0. The summed E-state index contributed by atoms with van der Waals surface area (Å²) in [6, 6.07) is 5.47. The molecular formula is C10H11BrF3N. The average Bonchev–Trinajstić information content (AvgIpc) is 2.09. The molecule has 0 fully saturated rings. The Morgan fingerprint density at radius 2 is 2.00 bits per heavy atom. The molecule has 0 atom stereocenters. The molecule has 1 aromatic carbocycles. The summed E-state index contributed by atoms with van der Waals surface area (Å²) < 4.78 is 36.5. The van der Waals surface area contributed by atoms with E-state index in [-0.39, 0.29) is 6.54 Å². The predicted molar refractivity (Wildman–Crippen MR) is 58.0 cm³/mol. The lowest BCUT2D eigenvalue weighted by Crippen LogP contribution is -2.14. The van der Waals surface area contributed by atoms with Crippen LogP contribution in [0.2, 0.25) is 0 Å². The SMILES string of the molecule is Cc1ccc(Br)cc1NCCC(F)(F)F. The van der Waals surface area contributed by atoms with Gasteiger partial charge in [-0.25, -0.2) is 0 Å². The molecule has 0 amide bonds. The molecule has 1 aromatic rings. The van der Waals surface area contributed by atoms with Crippen LogP contribution >= 0.6 is 15.9 Å². The first kappa shape index (κ1) is 12.4. The number of aryl methyl sites for hydroxylation is 1. The standard InChI is InChI=1S/C10H11BrF3N/c1-7-2-3-8(11)6-9(7)15-5-4-10(12,13)14/h2-3,6,15H,4-5H2,1H3. The molecule has 0 unspecified atom stereocenters. The molecule has 0 bridgehead atoms. The first-order valence-corrected chi connectivity index (χ1v) is 5.24. The molecule has 1 nitrogen and oxygen atoms in total. The van der Waals surface area contributed by atoms with Gasteiger partial charge in [-0.1, -0.05) is 22.0 Å². The Bertz CT molecular complexity index is 336. The minimum atomic E-state index is -4.10. The van der Waals surface area contributed by atoms with Gasteiger partial charge in [0.05, 0.1) is 6.42 Å². The zero-order valence-electron chi connectivity index (χ0n) is 8.16. The van der Waals surface area contributed by atoms with Gasteiger partial charge in [-0.2, -0.15) is 13.2 Å². The smallest absolute Gasteiger partial charge is 0.384 e. The van der Waals surface area contributed by atoms with Gasteiger partial charge >= 0.3 is 6.18 Å². The van der Waals surface area contributed by atoms with E-state index in [0.29, 0.717) is 0 Å². The maximum atomic E-state index is 11.9. The van der Waals surface area contributed by atoms with E-state index in [9.17, 15) is 13.2 Å². The number of rotatable bonds is 3. The quantitative estimate of drug-likeness (QED) is 0.879. The Hall–Kier alpha value is -0.710. The summed E-state index contributed by atoms with van der Waals surface area (Å²) in [5.74, 6) is 0. The van der Waals surface area contributed by atoms with Gasteiger partial charge in [-0.3, -0.25) is 0 Å². The highest BCUT2D eigenvalue weighted by Gasteiger charge is 2.26. The Kier molecular flexibility index (Phi) is 4.02. The van der Waals surface area contributed by atoms with Crippen molar-refractivity contribution in [2.45, 2.75) is 19.5 Å². The van der Waals surface area contributed by atoms with Crippen molar-refractivity contribution in [1.82, 2.24) is 0 Å². The molecule has 84 valence electrons. The third kappa shape index (κ3) is 4.55. The number of hydrogen-bond donors (Lipinski definition) is 1. The molecular weight excluding hydrogens is 271 g/mol. The monoisotopic (exact) mass is 281 g/mol. The third-order valence-corrected chi connectivity index (χ3v) is 2.42. The lowest BCUT2D eigenvalue weighted by atomic mass is 10.2. The molecule has 5 heteroatoms. The van der Waals surface area contributed by atoms with Crippen molar-refractivity contribution in [2.75, 3.05) is 11.9 Å². The van der Waals surface area contributed by atoms with E-state index in [2.05, 4.69) is 21.2 Å². The maximum Gasteiger partial charge on any atom is 0.390 e. The second-order valence-corrected chi connectivity index (χ2v) is 4.17. The zero-order valence-corrected chi connectivity index (χ0v) is 9.74. The lowest BCUT2D eigenvalue weighted by molar-refractivity contribution is -0.131. The number of anilines is 1. The van der Waals surface area contributed by atoms with Crippen LogP contribution in [0.4, 0.5) is 18.9 Å². The Morgan fingerprint density at radius 3 is 2.60 bits per heavy atom. The van der Waals surface area contributed by atoms with E-state index in [4.69, 9.17) is 0 Å². The summed E-state index contributed by atoms with van der Waals surface area (Å²) in [5.41, 5.74) is 1.66. The van der Waals surface area contributed by atoms with Crippen LogP contribution in [0, 0.1) is 6.92 Å². The topological polar surface area (TPSA) is 12.0 Å². The molecule has 0 heterocycles. The first-order valence-electron chi connectivity index (χ1n) is 4.45. The van der Waals surface area contributed by atoms with E-state index in [1.807, 2.05) is 19.1 Å². The second kappa shape index (κ2) is 4.88. The van der Waals surface area contributed by atoms with Crippen molar-refractivity contribution in [3.05, 3.63) is 28.2 Å². The van der Waals surface area contributed by atoms with Crippen LogP contribution in [-0.4, -0.2) is 12.7 Å². The number of hydrogen-bond acceptors (Lipinski definition) is 1. The third-order valence-electron chi connectivity index (χ3n) is 1.92. The minimum Gasteiger partial charge on any atom is -0.384 e. The van der Waals surface area contributed by atoms with E-state index in [0.717, 1.165) is 15.7 Å². The van der Waals surface area contributed by atoms with Crippen molar-refractivity contribution in [3.63, 3.8) is 0 Å². The Balaban J connectivity index is 2.54. The fraction of sp³-hybridized carbons (Fsp3) is 0.400. The minimum absolute atomic E-state index is 0.0964. The fourth-order valence-corrected chi connectivity index (χ4v) is 1.48. The fourth-order valence-electron chi connectivity index (χ4n) is 1.12. The van der Waals surface area contributed by atoms with Crippen LogP contribution in [0.5, 0.6) is 0 Å². The van der Waals surface area contributed by atoms with Gasteiger partial charge in [0, 0.05) is 16.7 Å². The number of benzene rings is 1. The van der Waals surface area contributed by atoms with Crippen LogP contribution in [0.3, 0.4) is 0 Å². The highest BCUT2D eigenvalue weighted by atomic mass is 79.9. The van der Waals surface area contributed by atoms with Crippen molar-refractivity contribution < 1.29 is 13.2 Å². The molecule has 0 spiro atoms. The van der Waals surface area contributed by atoms with Gasteiger partial charge in [-0.15, -0.1) is 0 Å². The number of alkyl halides is 3. The highest BCUT2D eigenvalue weighted by Crippen LogP contribution is 2.23. The molecule has 0 saturated carbocycles. The highest BCUT2D eigenvalue weighted by molar-refractivity contribution is 9.10. The lowest BCUT2D eigenvalue weighted by Gasteiger charge is -2.11. The molecule has 0 aliphatic heterocycles. The molecule has 1 rings (SSSR count). The molecule has 15 heavy (non-hydrogen) atoms. The molecule has 0 saturated heterocycles. The van der Waals surface area contributed by atoms with Crippen LogP contribution in [0.1, 0.15) is 12.0 Å². The van der Waals surface area contributed by atoms with Crippen LogP contribution in [-0.2, 0) is 0 Å². The maximum absolute atomic E-state index is 11.9. The average molecular weight is 282 g/mol. The van der Waals surface area contributed by atoms with Crippen molar-refractivity contribution in [1.29, 1.82) is 0 Å². The Labute approximate surface area is 94.8 Å². The van der Waals surface area contributed by atoms with Crippen LogP contribution in [0.25, 0.3) is 0 Å². The van der Waals surface area contributed by atoms with Crippen LogP contribution in [0.15, 0.2) is 22.7 Å². The summed E-state index contributed by atoms with van der Waals surface area (Å²) >= 11 is 3.27. The van der Waals surface area contributed by atoms with Gasteiger partial charge in [0.15, 0.2) is 0 Å². The molecule has 0 radical (unpaired) electrons. The van der Waals surface area contributed by atoms with Gasteiger partial charge in [0.1, 0.15) is 0 Å². The summed E-state index contributed by atoms with van der Waals surface area (Å²) in [5, 5.41) is 2.76. The molecule has 0 aliphatic rings. The van der Waals surface area contributed by atoms with E-state index in [1.54, 1.807) is 6.07 Å². The van der Waals surface area contributed by atoms with Gasteiger partial charge in [0.25, 0.3) is 0 Å². The predicted octanol–water partition coefficient (Wildman–Crippen LogP) is 4.12.